The number of benzene rings is 1. The maximum absolute atomic E-state index is 6.01. The summed E-state index contributed by atoms with van der Waals surface area (Å²) in [5.74, 6) is 0. The first-order valence-electron chi connectivity index (χ1n) is 5.73. The van der Waals surface area contributed by atoms with Gasteiger partial charge in [-0.25, -0.2) is 0 Å². The molecule has 0 fully saturated rings. The summed E-state index contributed by atoms with van der Waals surface area (Å²) in [6, 6.07) is 5.78. The SMILES string of the molecule is CCNC(Cc1ccc(Cl)c(Cl)c1)c1cn[nH]n1. The predicted molar refractivity (Wildman–Crippen MR) is 73.0 cm³/mol. The molecule has 18 heavy (non-hydrogen) atoms. The minimum absolute atomic E-state index is 0.117. The van der Waals surface area contributed by atoms with Gasteiger partial charge in [-0.3, -0.25) is 0 Å². The number of H-pyrrole nitrogens is 1. The molecule has 2 rings (SSSR count). The Kier molecular flexibility index (Phi) is 4.58. The molecule has 1 heterocycles. The largest absolute Gasteiger partial charge is 0.309 e. The van der Waals surface area contributed by atoms with Crippen molar-refractivity contribution in [3.8, 4) is 0 Å². The van der Waals surface area contributed by atoms with Gasteiger partial charge in [0, 0.05) is 0 Å². The summed E-state index contributed by atoms with van der Waals surface area (Å²) < 4.78 is 0. The lowest BCUT2D eigenvalue weighted by Crippen LogP contribution is -2.23. The van der Waals surface area contributed by atoms with Gasteiger partial charge < -0.3 is 5.32 Å². The second-order valence-corrected chi connectivity index (χ2v) is 4.77. The number of hydrogen-bond acceptors (Lipinski definition) is 3. The summed E-state index contributed by atoms with van der Waals surface area (Å²) in [5.41, 5.74) is 2.00. The van der Waals surface area contributed by atoms with E-state index in [1.165, 1.54) is 0 Å². The van der Waals surface area contributed by atoms with Crippen LogP contribution in [-0.4, -0.2) is 22.0 Å². The summed E-state index contributed by atoms with van der Waals surface area (Å²) in [5, 5.41) is 15.1. The van der Waals surface area contributed by atoms with E-state index in [-0.39, 0.29) is 6.04 Å². The quantitative estimate of drug-likeness (QED) is 0.888. The van der Waals surface area contributed by atoms with E-state index in [0.717, 1.165) is 24.2 Å². The topological polar surface area (TPSA) is 53.6 Å². The number of halogens is 2. The number of likely N-dealkylation sites (N-methyl/N-ethyl adjacent to an activating group) is 1. The molecule has 96 valence electrons. The molecule has 2 aromatic rings. The van der Waals surface area contributed by atoms with Crippen LogP contribution in [0.15, 0.2) is 24.4 Å². The van der Waals surface area contributed by atoms with Crippen molar-refractivity contribution in [1.29, 1.82) is 0 Å². The first kappa shape index (κ1) is 13.3. The van der Waals surface area contributed by atoms with Crippen molar-refractivity contribution in [2.24, 2.45) is 0 Å². The Morgan fingerprint density at radius 1 is 1.33 bits per heavy atom. The van der Waals surface area contributed by atoms with Crippen LogP contribution in [0.2, 0.25) is 10.0 Å². The van der Waals surface area contributed by atoms with Crippen LogP contribution in [0.4, 0.5) is 0 Å². The van der Waals surface area contributed by atoms with Crippen LogP contribution in [0.1, 0.15) is 24.2 Å². The van der Waals surface area contributed by atoms with E-state index in [1.807, 2.05) is 18.2 Å². The van der Waals surface area contributed by atoms with E-state index in [4.69, 9.17) is 23.2 Å². The van der Waals surface area contributed by atoms with Gasteiger partial charge in [0.1, 0.15) is 0 Å². The lowest BCUT2D eigenvalue weighted by atomic mass is 10.0. The third-order valence-corrected chi connectivity index (χ3v) is 3.40. The van der Waals surface area contributed by atoms with E-state index in [2.05, 4.69) is 27.7 Å². The Hall–Kier alpha value is -1.10. The smallest absolute Gasteiger partial charge is 0.0997 e. The summed E-state index contributed by atoms with van der Waals surface area (Å²) in [4.78, 5) is 0. The van der Waals surface area contributed by atoms with Gasteiger partial charge in [-0.05, 0) is 30.7 Å². The van der Waals surface area contributed by atoms with Crippen molar-refractivity contribution in [3.05, 3.63) is 45.7 Å². The van der Waals surface area contributed by atoms with Gasteiger partial charge in [0.2, 0.25) is 0 Å². The normalized spacial score (nSPS) is 12.6. The number of nitrogens with zero attached hydrogens (tertiary/aromatic N) is 2. The highest BCUT2D eigenvalue weighted by Gasteiger charge is 2.14. The molecule has 4 nitrogen and oxygen atoms in total. The lowest BCUT2D eigenvalue weighted by molar-refractivity contribution is 0.535. The van der Waals surface area contributed by atoms with E-state index in [9.17, 15) is 0 Å². The number of rotatable bonds is 5. The monoisotopic (exact) mass is 284 g/mol. The van der Waals surface area contributed by atoms with E-state index in [0.29, 0.717) is 10.0 Å². The molecule has 1 aromatic heterocycles. The molecule has 0 aliphatic rings. The van der Waals surface area contributed by atoms with Gasteiger partial charge in [-0.15, -0.1) is 0 Å². The summed E-state index contributed by atoms with van der Waals surface area (Å²) in [6.45, 7) is 2.92. The number of aromatic amines is 1. The van der Waals surface area contributed by atoms with E-state index < -0.39 is 0 Å². The number of aromatic nitrogens is 3. The van der Waals surface area contributed by atoms with Crippen molar-refractivity contribution in [3.63, 3.8) is 0 Å². The van der Waals surface area contributed by atoms with Crippen LogP contribution < -0.4 is 5.32 Å². The van der Waals surface area contributed by atoms with E-state index >= 15 is 0 Å². The number of hydrogen-bond donors (Lipinski definition) is 2. The summed E-state index contributed by atoms with van der Waals surface area (Å²) >= 11 is 11.9. The third kappa shape index (κ3) is 3.22. The van der Waals surface area contributed by atoms with Gasteiger partial charge in [0.25, 0.3) is 0 Å². The van der Waals surface area contributed by atoms with Gasteiger partial charge in [0.05, 0.1) is 28.0 Å². The molecule has 0 amide bonds. The first-order valence-corrected chi connectivity index (χ1v) is 6.49. The van der Waals surface area contributed by atoms with Crippen LogP contribution >= 0.6 is 23.2 Å². The first-order chi connectivity index (χ1) is 8.70. The molecule has 0 saturated carbocycles. The molecule has 0 saturated heterocycles. The molecular weight excluding hydrogens is 271 g/mol. The van der Waals surface area contributed by atoms with Crippen molar-refractivity contribution >= 4 is 23.2 Å². The lowest BCUT2D eigenvalue weighted by Gasteiger charge is -2.15. The van der Waals surface area contributed by atoms with Crippen LogP contribution in [0.5, 0.6) is 0 Å². The van der Waals surface area contributed by atoms with Crippen LogP contribution in [-0.2, 0) is 6.42 Å². The zero-order chi connectivity index (χ0) is 13.0. The molecule has 0 radical (unpaired) electrons. The second-order valence-electron chi connectivity index (χ2n) is 3.96. The maximum Gasteiger partial charge on any atom is 0.0997 e. The summed E-state index contributed by atoms with van der Waals surface area (Å²) in [6.07, 6.45) is 2.52. The Morgan fingerprint density at radius 3 is 2.78 bits per heavy atom. The van der Waals surface area contributed by atoms with Crippen molar-refractivity contribution < 1.29 is 0 Å². The Labute approximate surface area is 116 Å². The van der Waals surface area contributed by atoms with Gasteiger partial charge in [-0.2, -0.15) is 15.4 Å². The molecule has 1 atom stereocenters. The van der Waals surface area contributed by atoms with Crippen molar-refractivity contribution in [2.45, 2.75) is 19.4 Å². The summed E-state index contributed by atoms with van der Waals surface area (Å²) in [7, 11) is 0. The van der Waals surface area contributed by atoms with Crippen molar-refractivity contribution in [1.82, 2.24) is 20.7 Å². The molecular formula is C12H14Cl2N4. The minimum atomic E-state index is 0.117. The fourth-order valence-electron chi connectivity index (χ4n) is 1.81. The Morgan fingerprint density at radius 2 is 2.17 bits per heavy atom. The zero-order valence-corrected chi connectivity index (χ0v) is 11.5. The fraction of sp³-hybridized carbons (Fsp3) is 0.333. The highest BCUT2D eigenvalue weighted by atomic mass is 35.5. The second kappa shape index (κ2) is 6.18. The molecule has 0 spiro atoms. The molecule has 0 aliphatic carbocycles. The average molecular weight is 285 g/mol. The highest BCUT2D eigenvalue weighted by molar-refractivity contribution is 6.42. The van der Waals surface area contributed by atoms with Gasteiger partial charge in [0.15, 0.2) is 0 Å². The zero-order valence-electron chi connectivity index (χ0n) is 9.95. The minimum Gasteiger partial charge on any atom is -0.309 e. The fourth-order valence-corrected chi connectivity index (χ4v) is 2.13. The molecule has 0 aliphatic heterocycles. The number of nitrogens with one attached hydrogen (secondary N) is 2. The maximum atomic E-state index is 6.01. The predicted octanol–water partition coefficient (Wildman–Crippen LogP) is 3.00. The van der Waals surface area contributed by atoms with Gasteiger partial charge >= 0.3 is 0 Å². The average Bonchev–Trinajstić information content (AvgIpc) is 2.87. The molecule has 0 bridgehead atoms. The standard InChI is InChI=1S/C12H14Cl2N4/c1-2-15-11(12-7-16-18-17-12)6-8-3-4-9(13)10(14)5-8/h3-5,7,11,15H,2,6H2,1H3,(H,16,17,18). The van der Waals surface area contributed by atoms with E-state index in [1.54, 1.807) is 6.20 Å². The molecule has 1 unspecified atom stereocenters. The van der Waals surface area contributed by atoms with Crippen LogP contribution in [0, 0.1) is 0 Å². The van der Waals surface area contributed by atoms with Crippen LogP contribution in [0.3, 0.4) is 0 Å². The third-order valence-electron chi connectivity index (χ3n) is 2.67. The van der Waals surface area contributed by atoms with Gasteiger partial charge in [-0.1, -0.05) is 36.2 Å². The van der Waals surface area contributed by atoms with Crippen LogP contribution in [0.25, 0.3) is 0 Å². The highest BCUT2D eigenvalue weighted by Crippen LogP contribution is 2.25. The molecule has 2 N–H and O–H groups in total. The molecule has 6 heteroatoms. The van der Waals surface area contributed by atoms with Crippen molar-refractivity contribution in [2.75, 3.05) is 6.54 Å². The Bertz CT molecular complexity index is 499. The Balaban J connectivity index is 2.16. The molecule has 1 aromatic carbocycles.